The van der Waals surface area contributed by atoms with Gasteiger partial charge in [0.1, 0.15) is 0 Å². The van der Waals surface area contributed by atoms with E-state index in [1.165, 1.54) is 11.8 Å². The van der Waals surface area contributed by atoms with Crippen LogP contribution in [0.4, 0.5) is 5.69 Å². The first-order valence-electron chi connectivity index (χ1n) is 10.7. The first-order chi connectivity index (χ1) is 16.7. The van der Waals surface area contributed by atoms with E-state index in [2.05, 4.69) is 27.4 Å². The minimum absolute atomic E-state index is 0.00271. The van der Waals surface area contributed by atoms with Crippen molar-refractivity contribution in [2.45, 2.75) is 31.6 Å². The van der Waals surface area contributed by atoms with Crippen molar-refractivity contribution < 1.29 is 9.59 Å². The summed E-state index contributed by atoms with van der Waals surface area (Å²) in [5, 5.41) is 16.1. The van der Waals surface area contributed by atoms with Crippen molar-refractivity contribution in [1.82, 2.24) is 20.1 Å². The molecule has 35 heavy (non-hydrogen) atoms. The Morgan fingerprint density at radius 3 is 2.43 bits per heavy atom. The zero-order valence-electron chi connectivity index (χ0n) is 19.1. The van der Waals surface area contributed by atoms with E-state index in [-0.39, 0.29) is 23.5 Å². The van der Waals surface area contributed by atoms with Crippen LogP contribution in [0.1, 0.15) is 36.1 Å². The van der Waals surface area contributed by atoms with Gasteiger partial charge in [-0.25, -0.2) is 0 Å². The molecule has 3 aromatic rings. The van der Waals surface area contributed by atoms with Gasteiger partial charge in [-0.1, -0.05) is 78.6 Å². The number of hydrogen-bond donors (Lipinski definition) is 2. The SMILES string of the molecule is C=CCn1c(SCC(=O)Nc2cc(Cl)cc(Cl)c2)nnc1[C@@H](NC(=O)c1ccccc1Cl)C(C)C. The van der Waals surface area contributed by atoms with Gasteiger partial charge in [-0.3, -0.25) is 9.59 Å². The molecule has 0 aliphatic carbocycles. The van der Waals surface area contributed by atoms with E-state index in [1.54, 1.807) is 48.5 Å². The minimum atomic E-state index is -0.442. The van der Waals surface area contributed by atoms with E-state index < -0.39 is 6.04 Å². The molecule has 2 amide bonds. The molecule has 1 atom stereocenters. The fourth-order valence-corrected chi connectivity index (χ4v) is 4.79. The van der Waals surface area contributed by atoms with Gasteiger partial charge in [0, 0.05) is 22.3 Å². The Bertz CT molecular complexity index is 1210. The molecule has 0 spiro atoms. The molecular weight excluding hydrogens is 529 g/mol. The lowest BCUT2D eigenvalue weighted by Gasteiger charge is -2.23. The van der Waals surface area contributed by atoms with Gasteiger partial charge < -0.3 is 15.2 Å². The van der Waals surface area contributed by atoms with Crippen molar-refractivity contribution in [3.05, 3.63) is 81.6 Å². The van der Waals surface area contributed by atoms with E-state index in [1.807, 2.05) is 18.4 Å². The Morgan fingerprint density at radius 2 is 1.80 bits per heavy atom. The molecule has 1 heterocycles. The number of anilines is 1. The van der Waals surface area contributed by atoms with E-state index >= 15 is 0 Å². The Hall–Kier alpha value is -2.52. The van der Waals surface area contributed by atoms with E-state index in [9.17, 15) is 9.59 Å². The van der Waals surface area contributed by atoms with Crippen LogP contribution in [0.2, 0.25) is 15.1 Å². The topological polar surface area (TPSA) is 88.9 Å². The van der Waals surface area contributed by atoms with Crippen molar-refractivity contribution in [1.29, 1.82) is 0 Å². The largest absolute Gasteiger partial charge is 0.342 e. The Morgan fingerprint density at radius 1 is 1.11 bits per heavy atom. The summed E-state index contributed by atoms with van der Waals surface area (Å²) in [7, 11) is 0. The van der Waals surface area contributed by atoms with Crippen molar-refractivity contribution in [2.75, 3.05) is 11.1 Å². The van der Waals surface area contributed by atoms with Crippen LogP contribution in [-0.4, -0.2) is 32.3 Å². The molecule has 0 saturated heterocycles. The second kappa shape index (κ2) is 12.4. The van der Waals surface area contributed by atoms with Gasteiger partial charge in [-0.15, -0.1) is 16.8 Å². The molecule has 2 N–H and O–H groups in total. The highest BCUT2D eigenvalue weighted by molar-refractivity contribution is 7.99. The molecule has 1 aromatic heterocycles. The van der Waals surface area contributed by atoms with Crippen LogP contribution in [0.3, 0.4) is 0 Å². The molecule has 0 aliphatic heterocycles. The third-order valence-electron chi connectivity index (χ3n) is 4.89. The number of nitrogens with zero attached hydrogens (tertiary/aromatic N) is 3. The van der Waals surface area contributed by atoms with Crippen molar-refractivity contribution in [2.24, 2.45) is 5.92 Å². The van der Waals surface area contributed by atoms with Gasteiger partial charge in [-0.05, 0) is 36.2 Å². The lowest BCUT2D eigenvalue weighted by Crippen LogP contribution is -2.34. The molecule has 0 saturated carbocycles. The number of halogens is 3. The highest BCUT2D eigenvalue weighted by Crippen LogP contribution is 2.27. The summed E-state index contributed by atoms with van der Waals surface area (Å²) in [4.78, 5) is 25.4. The number of nitrogens with one attached hydrogen (secondary N) is 2. The smallest absolute Gasteiger partial charge is 0.253 e. The second-order valence-electron chi connectivity index (χ2n) is 7.91. The predicted molar refractivity (Wildman–Crippen MR) is 143 cm³/mol. The summed E-state index contributed by atoms with van der Waals surface area (Å²) < 4.78 is 1.83. The van der Waals surface area contributed by atoms with E-state index in [0.29, 0.717) is 43.8 Å². The normalized spacial score (nSPS) is 11.8. The summed E-state index contributed by atoms with van der Waals surface area (Å²) in [5.41, 5.74) is 0.880. The van der Waals surface area contributed by atoms with Gasteiger partial charge in [0.25, 0.3) is 5.91 Å². The third kappa shape index (κ3) is 7.24. The number of carbonyl (C=O) groups is 2. The zero-order valence-corrected chi connectivity index (χ0v) is 22.2. The number of aromatic nitrogens is 3. The summed E-state index contributed by atoms with van der Waals surface area (Å²) >= 11 is 19.4. The monoisotopic (exact) mass is 551 g/mol. The number of allylic oxidation sites excluding steroid dienone is 1. The summed E-state index contributed by atoms with van der Waals surface area (Å²) in [5.74, 6) is 0.0806. The maximum Gasteiger partial charge on any atom is 0.253 e. The predicted octanol–water partition coefficient (Wildman–Crippen LogP) is 6.28. The van der Waals surface area contributed by atoms with Gasteiger partial charge in [0.05, 0.1) is 22.4 Å². The van der Waals surface area contributed by atoms with Crippen molar-refractivity contribution in [3.8, 4) is 0 Å². The minimum Gasteiger partial charge on any atom is -0.342 e. The number of amides is 2. The maximum absolute atomic E-state index is 12.9. The fraction of sp³-hybridized carbons (Fsp3) is 0.250. The molecule has 0 aliphatic rings. The van der Waals surface area contributed by atoms with Crippen LogP contribution in [0.5, 0.6) is 0 Å². The van der Waals surface area contributed by atoms with Crippen LogP contribution < -0.4 is 10.6 Å². The lowest BCUT2D eigenvalue weighted by molar-refractivity contribution is -0.113. The Labute approximate surface area is 223 Å². The molecule has 2 aromatic carbocycles. The average Bonchev–Trinajstić information content (AvgIpc) is 3.17. The standard InChI is InChI=1S/C24H24Cl3N5O2S/c1-4-9-32-22(21(14(2)3)29-23(34)18-7-5-6-8-19(18)27)30-31-24(32)35-13-20(33)28-17-11-15(25)10-16(26)12-17/h4-8,10-12,14,21H,1,9,13H2,2-3H3,(H,28,33)(H,29,34)/t21-/m0/s1. The van der Waals surface area contributed by atoms with Gasteiger partial charge in [-0.2, -0.15) is 0 Å². The number of rotatable bonds is 10. The van der Waals surface area contributed by atoms with Crippen molar-refractivity contribution >= 4 is 64.1 Å². The Balaban J connectivity index is 1.76. The number of hydrogen-bond acceptors (Lipinski definition) is 5. The molecule has 3 rings (SSSR count). The molecule has 7 nitrogen and oxygen atoms in total. The van der Waals surface area contributed by atoms with E-state index in [0.717, 1.165) is 0 Å². The highest BCUT2D eigenvalue weighted by atomic mass is 35.5. The molecule has 11 heteroatoms. The average molecular weight is 553 g/mol. The van der Waals surface area contributed by atoms with Crippen LogP contribution >= 0.6 is 46.6 Å². The number of carbonyl (C=O) groups excluding carboxylic acids is 2. The maximum atomic E-state index is 12.9. The van der Waals surface area contributed by atoms with Crippen LogP contribution in [0, 0.1) is 5.92 Å². The number of benzene rings is 2. The molecule has 0 radical (unpaired) electrons. The lowest BCUT2D eigenvalue weighted by atomic mass is 10.0. The molecule has 0 fully saturated rings. The Kier molecular flexibility index (Phi) is 9.63. The van der Waals surface area contributed by atoms with Gasteiger partial charge in [0.15, 0.2) is 11.0 Å². The van der Waals surface area contributed by atoms with Gasteiger partial charge >= 0.3 is 0 Å². The summed E-state index contributed by atoms with van der Waals surface area (Å²) in [6.07, 6.45) is 1.71. The second-order valence-corrected chi connectivity index (χ2v) is 10.1. The molecular formula is C24H24Cl3N5O2S. The zero-order chi connectivity index (χ0) is 25.5. The van der Waals surface area contributed by atoms with Gasteiger partial charge in [0.2, 0.25) is 5.91 Å². The molecule has 184 valence electrons. The third-order valence-corrected chi connectivity index (χ3v) is 6.62. The van der Waals surface area contributed by atoms with Crippen LogP contribution in [-0.2, 0) is 11.3 Å². The first-order valence-corrected chi connectivity index (χ1v) is 12.8. The van der Waals surface area contributed by atoms with Crippen LogP contribution in [0.25, 0.3) is 0 Å². The molecule has 0 bridgehead atoms. The van der Waals surface area contributed by atoms with E-state index in [4.69, 9.17) is 34.8 Å². The summed E-state index contributed by atoms with van der Waals surface area (Å²) in [6, 6.07) is 11.2. The fourth-order valence-electron chi connectivity index (χ4n) is 3.28. The van der Waals surface area contributed by atoms with Crippen LogP contribution in [0.15, 0.2) is 60.3 Å². The molecule has 0 unspecified atom stereocenters. The highest BCUT2D eigenvalue weighted by Gasteiger charge is 2.27. The number of thioether (sulfide) groups is 1. The van der Waals surface area contributed by atoms with Crippen molar-refractivity contribution in [3.63, 3.8) is 0 Å². The first kappa shape index (κ1) is 27.1. The quantitative estimate of drug-likeness (QED) is 0.228. The summed E-state index contributed by atoms with van der Waals surface area (Å²) in [6.45, 7) is 8.17.